The van der Waals surface area contributed by atoms with Crippen LogP contribution < -0.4 is 5.73 Å². The van der Waals surface area contributed by atoms with Crippen molar-refractivity contribution >= 4 is 0 Å². The van der Waals surface area contributed by atoms with Crippen LogP contribution in [0.25, 0.3) is 0 Å². The Hall–Kier alpha value is -0.930. The van der Waals surface area contributed by atoms with Crippen molar-refractivity contribution in [1.82, 2.24) is 0 Å². The highest BCUT2D eigenvalue weighted by Gasteiger charge is 2.25. The van der Waals surface area contributed by atoms with E-state index < -0.39 is 0 Å². The third kappa shape index (κ3) is 1.34. The van der Waals surface area contributed by atoms with Crippen LogP contribution in [0, 0.1) is 5.82 Å². The highest BCUT2D eigenvalue weighted by Crippen LogP contribution is 2.28. The molecule has 0 saturated carbocycles. The average Bonchev–Trinajstić information content (AvgIpc) is 2.12. The summed E-state index contributed by atoms with van der Waals surface area (Å²) in [7, 11) is 0. The molecule has 1 aromatic rings. The van der Waals surface area contributed by atoms with Crippen molar-refractivity contribution in [2.24, 2.45) is 5.73 Å². The van der Waals surface area contributed by atoms with Gasteiger partial charge in [-0.3, -0.25) is 0 Å². The summed E-state index contributed by atoms with van der Waals surface area (Å²) in [5.41, 5.74) is 7.35. The number of halogens is 1. The van der Waals surface area contributed by atoms with Gasteiger partial charge in [-0.2, -0.15) is 0 Å². The quantitative estimate of drug-likeness (QED) is 0.661. The number of ether oxygens (including phenoxy) is 1. The minimum Gasteiger partial charge on any atom is -0.372 e. The standard InChI is InChI=1S/C10H12FNO/c1-6-10(12)7-3-2-4-9(11)8(7)5-13-6/h2-4,6,10H,5,12H2,1H3/t6-,10?/m0/s1. The first-order valence-electron chi connectivity index (χ1n) is 4.34. The van der Waals surface area contributed by atoms with Crippen LogP contribution in [-0.2, 0) is 11.3 Å². The second-order valence-electron chi connectivity index (χ2n) is 3.35. The van der Waals surface area contributed by atoms with Crippen LogP contribution >= 0.6 is 0 Å². The van der Waals surface area contributed by atoms with Gasteiger partial charge >= 0.3 is 0 Å². The smallest absolute Gasteiger partial charge is 0.129 e. The van der Waals surface area contributed by atoms with Gasteiger partial charge in [0.25, 0.3) is 0 Å². The zero-order chi connectivity index (χ0) is 9.42. The lowest BCUT2D eigenvalue weighted by Gasteiger charge is -2.28. The first-order valence-corrected chi connectivity index (χ1v) is 4.34. The summed E-state index contributed by atoms with van der Waals surface area (Å²) in [6.45, 7) is 2.23. The van der Waals surface area contributed by atoms with E-state index in [4.69, 9.17) is 10.5 Å². The molecule has 1 aromatic carbocycles. The molecule has 0 aliphatic carbocycles. The number of benzene rings is 1. The molecule has 0 spiro atoms. The summed E-state index contributed by atoms with van der Waals surface area (Å²) in [5.74, 6) is -0.222. The van der Waals surface area contributed by atoms with E-state index in [0.29, 0.717) is 12.2 Å². The molecule has 0 fully saturated rings. The van der Waals surface area contributed by atoms with E-state index in [0.717, 1.165) is 5.56 Å². The lowest BCUT2D eigenvalue weighted by molar-refractivity contribution is 0.0194. The average molecular weight is 181 g/mol. The fourth-order valence-corrected chi connectivity index (χ4v) is 1.61. The van der Waals surface area contributed by atoms with Crippen molar-refractivity contribution in [3.8, 4) is 0 Å². The summed E-state index contributed by atoms with van der Waals surface area (Å²) in [4.78, 5) is 0. The normalized spacial score (nSPS) is 27.0. The molecule has 2 nitrogen and oxygen atoms in total. The first-order chi connectivity index (χ1) is 6.20. The van der Waals surface area contributed by atoms with Crippen LogP contribution in [0.5, 0.6) is 0 Å². The number of hydrogen-bond donors (Lipinski definition) is 1. The Balaban J connectivity index is 2.49. The molecule has 0 saturated heterocycles. The summed E-state index contributed by atoms with van der Waals surface area (Å²) >= 11 is 0. The van der Waals surface area contributed by atoms with Gasteiger partial charge in [0, 0.05) is 5.56 Å². The molecule has 1 aliphatic heterocycles. The topological polar surface area (TPSA) is 35.2 Å². The van der Waals surface area contributed by atoms with E-state index in [-0.39, 0.29) is 18.0 Å². The summed E-state index contributed by atoms with van der Waals surface area (Å²) < 4.78 is 18.6. The van der Waals surface area contributed by atoms with Gasteiger partial charge in [-0.05, 0) is 18.6 Å². The van der Waals surface area contributed by atoms with Gasteiger partial charge in [0.15, 0.2) is 0 Å². The summed E-state index contributed by atoms with van der Waals surface area (Å²) in [5, 5.41) is 0. The predicted molar refractivity (Wildman–Crippen MR) is 47.6 cm³/mol. The Morgan fingerprint density at radius 3 is 3.08 bits per heavy atom. The number of nitrogens with two attached hydrogens (primary N) is 1. The molecule has 1 aliphatic rings. The Labute approximate surface area is 76.5 Å². The lowest BCUT2D eigenvalue weighted by Crippen LogP contribution is -2.31. The van der Waals surface area contributed by atoms with Gasteiger partial charge in [0.1, 0.15) is 5.82 Å². The van der Waals surface area contributed by atoms with E-state index in [9.17, 15) is 4.39 Å². The van der Waals surface area contributed by atoms with Crippen molar-refractivity contribution < 1.29 is 9.13 Å². The van der Waals surface area contributed by atoms with Crippen LogP contribution in [-0.4, -0.2) is 6.10 Å². The monoisotopic (exact) mass is 181 g/mol. The molecule has 0 amide bonds. The summed E-state index contributed by atoms with van der Waals surface area (Å²) in [6.07, 6.45) is -0.0331. The fourth-order valence-electron chi connectivity index (χ4n) is 1.61. The molecule has 1 unspecified atom stereocenters. The molecule has 3 heteroatoms. The molecular weight excluding hydrogens is 169 g/mol. The highest BCUT2D eigenvalue weighted by molar-refractivity contribution is 5.32. The van der Waals surface area contributed by atoms with E-state index >= 15 is 0 Å². The number of fused-ring (bicyclic) bond motifs is 1. The predicted octanol–water partition coefficient (Wildman–Crippen LogP) is 1.74. The SMILES string of the molecule is C[C@@H]1OCc2c(F)cccc2C1N. The van der Waals surface area contributed by atoms with Gasteiger partial charge in [-0.1, -0.05) is 12.1 Å². The van der Waals surface area contributed by atoms with Gasteiger partial charge < -0.3 is 10.5 Å². The van der Waals surface area contributed by atoms with Crippen molar-refractivity contribution in [3.63, 3.8) is 0 Å². The Morgan fingerprint density at radius 2 is 2.31 bits per heavy atom. The fraction of sp³-hybridized carbons (Fsp3) is 0.400. The van der Waals surface area contributed by atoms with Gasteiger partial charge in [0.05, 0.1) is 18.8 Å². The molecule has 2 atom stereocenters. The molecule has 0 radical (unpaired) electrons. The molecule has 1 heterocycles. The number of hydrogen-bond acceptors (Lipinski definition) is 2. The minimum absolute atomic E-state index is 0.0331. The molecule has 2 rings (SSSR count). The third-order valence-electron chi connectivity index (χ3n) is 2.51. The van der Waals surface area contributed by atoms with Gasteiger partial charge in [-0.15, -0.1) is 0 Å². The van der Waals surface area contributed by atoms with Crippen LogP contribution in [0.3, 0.4) is 0 Å². The van der Waals surface area contributed by atoms with E-state index in [1.807, 2.05) is 13.0 Å². The zero-order valence-corrected chi connectivity index (χ0v) is 7.46. The van der Waals surface area contributed by atoms with Crippen molar-refractivity contribution in [2.75, 3.05) is 0 Å². The molecular formula is C10H12FNO. The summed E-state index contributed by atoms with van der Waals surface area (Å²) in [6, 6.07) is 4.78. The maximum Gasteiger partial charge on any atom is 0.129 e. The van der Waals surface area contributed by atoms with E-state index in [1.165, 1.54) is 6.07 Å². The van der Waals surface area contributed by atoms with Gasteiger partial charge in [-0.25, -0.2) is 4.39 Å². The second-order valence-corrected chi connectivity index (χ2v) is 3.35. The minimum atomic E-state index is -0.222. The van der Waals surface area contributed by atoms with Crippen LogP contribution in [0.2, 0.25) is 0 Å². The Kier molecular flexibility index (Phi) is 2.06. The van der Waals surface area contributed by atoms with Crippen molar-refractivity contribution in [3.05, 3.63) is 35.1 Å². The van der Waals surface area contributed by atoms with E-state index in [2.05, 4.69) is 0 Å². The third-order valence-corrected chi connectivity index (χ3v) is 2.51. The highest BCUT2D eigenvalue weighted by atomic mass is 19.1. The van der Waals surface area contributed by atoms with E-state index in [1.54, 1.807) is 6.07 Å². The Morgan fingerprint density at radius 1 is 1.54 bits per heavy atom. The maximum absolute atomic E-state index is 13.2. The first kappa shape index (κ1) is 8.66. The van der Waals surface area contributed by atoms with Crippen LogP contribution in [0.4, 0.5) is 4.39 Å². The Bertz CT molecular complexity index is 327. The zero-order valence-electron chi connectivity index (χ0n) is 7.46. The maximum atomic E-state index is 13.2. The van der Waals surface area contributed by atoms with Gasteiger partial charge in [0.2, 0.25) is 0 Å². The molecule has 0 aromatic heterocycles. The molecule has 70 valence electrons. The lowest BCUT2D eigenvalue weighted by atomic mass is 9.95. The molecule has 0 bridgehead atoms. The number of rotatable bonds is 0. The molecule has 13 heavy (non-hydrogen) atoms. The van der Waals surface area contributed by atoms with Crippen molar-refractivity contribution in [1.29, 1.82) is 0 Å². The largest absolute Gasteiger partial charge is 0.372 e. The molecule has 2 N–H and O–H groups in total. The van der Waals surface area contributed by atoms with Crippen LogP contribution in [0.1, 0.15) is 24.1 Å². The van der Waals surface area contributed by atoms with Crippen LogP contribution in [0.15, 0.2) is 18.2 Å². The second kappa shape index (κ2) is 3.09. The van der Waals surface area contributed by atoms with Crippen molar-refractivity contribution in [2.45, 2.75) is 25.7 Å².